The number of hydrogen-bond donors (Lipinski definition) is 2. The van der Waals surface area contributed by atoms with Gasteiger partial charge in [0.2, 0.25) is 10.0 Å². The van der Waals surface area contributed by atoms with Gasteiger partial charge in [-0.3, -0.25) is 0 Å². The van der Waals surface area contributed by atoms with Gasteiger partial charge in [0.05, 0.1) is 11.0 Å². The van der Waals surface area contributed by atoms with Crippen molar-refractivity contribution in [3.8, 4) is 11.3 Å². The number of hydrogen-bond acceptors (Lipinski definition) is 5. The molecule has 2 N–H and O–H groups in total. The van der Waals surface area contributed by atoms with Gasteiger partial charge in [-0.15, -0.1) is 0 Å². The highest BCUT2D eigenvalue weighted by molar-refractivity contribution is 7.89. The Hall–Kier alpha value is -2.94. The van der Waals surface area contributed by atoms with Crippen molar-refractivity contribution in [2.45, 2.75) is 17.9 Å². The van der Waals surface area contributed by atoms with Crippen LogP contribution in [0.25, 0.3) is 22.2 Å². The fourth-order valence-electron chi connectivity index (χ4n) is 3.20. The third kappa shape index (κ3) is 3.95. The fourth-order valence-corrected chi connectivity index (χ4v) is 4.24. The summed E-state index contributed by atoms with van der Waals surface area (Å²) in [5.74, 6) is 0.543. The zero-order valence-electron chi connectivity index (χ0n) is 16.0. The molecule has 0 bridgehead atoms. The van der Waals surface area contributed by atoms with Crippen molar-refractivity contribution in [2.75, 3.05) is 6.54 Å². The van der Waals surface area contributed by atoms with Gasteiger partial charge in [0.25, 0.3) is 0 Å². The van der Waals surface area contributed by atoms with E-state index >= 15 is 0 Å². The SMILES string of the molecule is Cc1nc(-c2ccc(S(=O)(=O)NC[C@@H](O)c3ccc4c(ccn4C)c3)cc2)co1. The number of benzene rings is 2. The average Bonchev–Trinajstić information content (AvgIpc) is 3.32. The minimum atomic E-state index is -3.75. The van der Waals surface area contributed by atoms with Crippen molar-refractivity contribution >= 4 is 20.9 Å². The van der Waals surface area contributed by atoms with E-state index in [0.29, 0.717) is 17.1 Å². The van der Waals surface area contributed by atoms with Gasteiger partial charge in [-0.05, 0) is 41.3 Å². The number of nitrogens with zero attached hydrogens (tertiary/aromatic N) is 2. The number of rotatable bonds is 6. The monoisotopic (exact) mass is 411 g/mol. The van der Waals surface area contributed by atoms with Crippen LogP contribution in [0.15, 0.2) is 70.3 Å². The number of aliphatic hydroxyl groups is 1. The van der Waals surface area contributed by atoms with E-state index in [0.717, 1.165) is 16.5 Å². The Morgan fingerprint density at radius 2 is 1.93 bits per heavy atom. The van der Waals surface area contributed by atoms with Gasteiger partial charge < -0.3 is 14.1 Å². The summed E-state index contributed by atoms with van der Waals surface area (Å²) in [4.78, 5) is 4.34. The Balaban J connectivity index is 1.46. The van der Waals surface area contributed by atoms with Gasteiger partial charge >= 0.3 is 0 Å². The first-order valence-electron chi connectivity index (χ1n) is 9.09. The molecule has 150 valence electrons. The fraction of sp³-hybridized carbons (Fsp3) is 0.190. The Labute approximate surface area is 168 Å². The number of sulfonamides is 1. The standard InChI is InChI=1S/C21H21N3O4S/c1-14-23-19(13-28-14)15-3-6-18(7-4-15)29(26,27)22-12-21(25)17-5-8-20-16(11-17)9-10-24(20)2/h3-11,13,21-22,25H,12H2,1-2H3/t21-/m1/s1. The molecule has 2 heterocycles. The van der Waals surface area contributed by atoms with Gasteiger partial charge in [-0.1, -0.05) is 18.2 Å². The maximum absolute atomic E-state index is 12.6. The maximum Gasteiger partial charge on any atom is 0.240 e. The van der Waals surface area contributed by atoms with Crippen LogP contribution in [0, 0.1) is 6.92 Å². The van der Waals surface area contributed by atoms with Crippen LogP contribution < -0.4 is 4.72 Å². The Morgan fingerprint density at radius 1 is 1.17 bits per heavy atom. The van der Waals surface area contributed by atoms with Crippen molar-refractivity contribution in [3.63, 3.8) is 0 Å². The molecule has 0 aliphatic heterocycles. The van der Waals surface area contributed by atoms with Crippen LogP contribution in [0.2, 0.25) is 0 Å². The largest absolute Gasteiger partial charge is 0.449 e. The van der Waals surface area contributed by atoms with E-state index in [9.17, 15) is 13.5 Å². The highest BCUT2D eigenvalue weighted by atomic mass is 32.2. The van der Waals surface area contributed by atoms with Gasteiger partial charge in [-0.2, -0.15) is 0 Å². The molecule has 0 aliphatic rings. The molecular formula is C21H21N3O4S. The zero-order valence-corrected chi connectivity index (χ0v) is 16.8. The van der Waals surface area contributed by atoms with Gasteiger partial charge in [0.1, 0.15) is 12.0 Å². The van der Waals surface area contributed by atoms with E-state index < -0.39 is 16.1 Å². The number of oxazole rings is 1. The number of nitrogens with one attached hydrogen (secondary N) is 1. The third-order valence-electron chi connectivity index (χ3n) is 4.84. The molecule has 2 aromatic carbocycles. The lowest BCUT2D eigenvalue weighted by molar-refractivity contribution is 0.182. The predicted octanol–water partition coefficient (Wildman–Crippen LogP) is 3.15. The summed E-state index contributed by atoms with van der Waals surface area (Å²) in [5.41, 5.74) is 3.11. The quantitative estimate of drug-likeness (QED) is 0.508. The second kappa shape index (κ2) is 7.47. The van der Waals surface area contributed by atoms with Gasteiger partial charge in [0.15, 0.2) is 5.89 Å². The number of aryl methyl sites for hydroxylation is 2. The van der Waals surface area contributed by atoms with Crippen LogP contribution in [-0.4, -0.2) is 29.6 Å². The van der Waals surface area contributed by atoms with E-state index in [4.69, 9.17) is 4.42 Å². The third-order valence-corrected chi connectivity index (χ3v) is 6.28. The van der Waals surface area contributed by atoms with Crippen LogP contribution in [0.5, 0.6) is 0 Å². The van der Waals surface area contributed by atoms with E-state index in [2.05, 4.69) is 9.71 Å². The Kier molecular flexibility index (Phi) is 4.99. The lowest BCUT2D eigenvalue weighted by Crippen LogP contribution is -2.28. The molecule has 0 saturated heterocycles. The molecule has 0 radical (unpaired) electrons. The molecule has 0 aliphatic carbocycles. The summed E-state index contributed by atoms with van der Waals surface area (Å²) in [6.07, 6.45) is 2.51. The molecule has 29 heavy (non-hydrogen) atoms. The lowest BCUT2D eigenvalue weighted by Gasteiger charge is -2.13. The minimum absolute atomic E-state index is 0.118. The molecule has 0 amide bonds. The summed E-state index contributed by atoms with van der Waals surface area (Å²) in [7, 11) is -1.81. The van der Waals surface area contributed by atoms with Crippen molar-refractivity contribution in [1.29, 1.82) is 0 Å². The minimum Gasteiger partial charge on any atom is -0.449 e. The number of aromatic nitrogens is 2. The molecule has 0 saturated carbocycles. The molecule has 0 spiro atoms. The van der Waals surface area contributed by atoms with E-state index in [-0.39, 0.29) is 11.4 Å². The van der Waals surface area contributed by atoms with E-state index in [1.807, 2.05) is 36.0 Å². The number of aliphatic hydroxyl groups excluding tert-OH is 1. The summed E-state index contributed by atoms with van der Waals surface area (Å²) in [6, 6.07) is 13.9. The maximum atomic E-state index is 12.6. The van der Waals surface area contributed by atoms with Crippen LogP contribution >= 0.6 is 0 Å². The predicted molar refractivity (Wildman–Crippen MR) is 110 cm³/mol. The van der Waals surface area contributed by atoms with Gasteiger partial charge in [0, 0.05) is 37.8 Å². The molecule has 1 atom stereocenters. The molecule has 0 unspecified atom stereocenters. The highest BCUT2D eigenvalue weighted by Gasteiger charge is 2.17. The van der Waals surface area contributed by atoms with Crippen LogP contribution in [0.1, 0.15) is 17.6 Å². The summed E-state index contributed by atoms with van der Waals surface area (Å²) in [6.45, 7) is 1.62. The first kappa shape index (κ1) is 19.4. The second-order valence-electron chi connectivity index (χ2n) is 6.89. The summed E-state index contributed by atoms with van der Waals surface area (Å²) in [5, 5.41) is 11.4. The van der Waals surface area contributed by atoms with E-state index in [1.54, 1.807) is 25.1 Å². The normalized spacial score (nSPS) is 13.1. The first-order chi connectivity index (χ1) is 13.8. The first-order valence-corrected chi connectivity index (χ1v) is 10.6. The molecule has 8 heteroatoms. The molecular weight excluding hydrogens is 390 g/mol. The number of fused-ring (bicyclic) bond motifs is 1. The lowest BCUT2D eigenvalue weighted by atomic mass is 10.1. The van der Waals surface area contributed by atoms with Crippen molar-refractivity contribution in [3.05, 3.63) is 72.4 Å². The molecule has 0 fully saturated rings. The molecule has 4 aromatic rings. The topological polar surface area (TPSA) is 97.4 Å². The Bertz CT molecular complexity index is 1260. The van der Waals surface area contributed by atoms with Crippen molar-refractivity contribution in [1.82, 2.24) is 14.3 Å². The summed E-state index contributed by atoms with van der Waals surface area (Å²) < 4.78 is 34.8. The smallest absolute Gasteiger partial charge is 0.240 e. The molecule has 2 aromatic heterocycles. The zero-order chi connectivity index (χ0) is 20.6. The van der Waals surface area contributed by atoms with Crippen LogP contribution in [0.3, 0.4) is 0 Å². The average molecular weight is 411 g/mol. The van der Waals surface area contributed by atoms with Crippen molar-refractivity contribution in [2.24, 2.45) is 7.05 Å². The second-order valence-corrected chi connectivity index (χ2v) is 8.66. The highest BCUT2D eigenvalue weighted by Crippen LogP contribution is 2.23. The van der Waals surface area contributed by atoms with E-state index in [1.165, 1.54) is 18.4 Å². The Morgan fingerprint density at radius 3 is 2.62 bits per heavy atom. The van der Waals surface area contributed by atoms with Crippen molar-refractivity contribution < 1.29 is 17.9 Å². The molecule has 7 nitrogen and oxygen atoms in total. The van der Waals surface area contributed by atoms with Gasteiger partial charge in [-0.25, -0.2) is 18.1 Å². The van der Waals surface area contributed by atoms with Crippen LogP contribution in [-0.2, 0) is 17.1 Å². The van der Waals surface area contributed by atoms with Crippen LogP contribution in [0.4, 0.5) is 0 Å². The molecule has 4 rings (SSSR count). The summed E-state index contributed by atoms with van der Waals surface area (Å²) >= 11 is 0.